The van der Waals surface area contributed by atoms with Crippen molar-refractivity contribution in [2.45, 2.75) is 64.1 Å². The molecule has 1 N–H and O–H groups in total. The Bertz CT molecular complexity index is 1740. The van der Waals surface area contributed by atoms with Gasteiger partial charge in [0.1, 0.15) is 21.5 Å². The molecule has 0 radical (unpaired) electrons. The van der Waals surface area contributed by atoms with Gasteiger partial charge in [0.15, 0.2) is 0 Å². The van der Waals surface area contributed by atoms with E-state index in [4.69, 9.17) is 14.7 Å². The van der Waals surface area contributed by atoms with Gasteiger partial charge in [-0.25, -0.2) is 18.4 Å². The van der Waals surface area contributed by atoms with Gasteiger partial charge in [0.05, 0.1) is 17.9 Å². The monoisotopic (exact) mass is 647 g/mol. The highest BCUT2D eigenvalue weighted by Crippen LogP contribution is 2.46. The molecule has 3 atom stereocenters. The number of carbonyl (C=O) groups excluding carboxylic acids is 1. The standard InChI is InChI=1S/C34H45N7O4S/c1-7-32(42)40-15-11-28(40)26-16-29(41-19-23(22(41)4)20-46(6,43)44)27-18-36-31(17-25(27)33(26)21(2)3)37-30-8-12-35-34(38-30)39-13-9-24(45-5)10-14-39/h7-8,12,16-18,21-24,28H,1,9-11,13-15,19-20H2,2-6H3,(H,35,36,37,38)/t22-,23-,28+/m1/s1. The number of nitrogens with zero attached hydrogens (tertiary/aromatic N) is 6. The van der Waals surface area contributed by atoms with Crippen LogP contribution in [0.15, 0.2) is 43.2 Å². The summed E-state index contributed by atoms with van der Waals surface area (Å²) in [4.78, 5) is 33.3. The number of piperidine rings is 1. The van der Waals surface area contributed by atoms with Crippen molar-refractivity contribution in [1.82, 2.24) is 19.9 Å². The number of hydrogen-bond acceptors (Lipinski definition) is 10. The van der Waals surface area contributed by atoms with Gasteiger partial charge in [-0.05, 0) is 72.9 Å². The number of rotatable bonds is 10. The SMILES string of the molecule is C=CC(=O)N1CC[C@H]1c1cc(N2C[C@H](CS(C)(=O)=O)[C@H]2C)c2cnc(Nc3ccnc(N4CCC(OC)CC4)n3)cc2c1C(C)C. The predicted molar refractivity (Wildman–Crippen MR) is 183 cm³/mol. The maximum absolute atomic E-state index is 12.8. The Morgan fingerprint density at radius 2 is 1.89 bits per heavy atom. The number of benzene rings is 1. The molecule has 11 nitrogen and oxygen atoms in total. The van der Waals surface area contributed by atoms with Crippen molar-refractivity contribution in [2.75, 3.05) is 60.4 Å². The molecule has 0 saturated carbocycles. The van der Waals surface area contributed by atoms with Crippen molar-refractivity contribution in [1.29, 1.82) is 0 Å². The van der Waals surface area contributed by atoms with E-state index in [9.17, 15) is 13.2 Å². The van der Waals surface area contributed by atoms with E-state index in [-0.39, 0.29) is 41.7 Å². The highest BCUT2D eigenvalue weighted by Gasteiger charge is 2.40. The van der Waals surface area contributed by atoms with Crippen molar-refractivity contribution in [3.8, 4) is 0 Å². The fraction of sp³-hybridized carbons (Fsp3) is 0.529. The lowest BCUT2D eigenvalue weighted by molar-refractivity contribution is -0.133. The minimum absolute atomic E-state index is 0.0502. The molecule has 12 heteroatoms. The molecule has 3 aromatic rings. The zero-order valence-corrected chi connectivity index (χ0v) is 28.3. The molecule has 3 fully saturated rings. The first-order valence-electron chi connectivity index (χ1n) is 16.2. The van der Waals surface area contributed by atoms with Crippen LogP contribution in [0.3, 0.4) is 0 Å². The third-order valence-electron chi connectivity index (χ3n) is 9.88. The number of carbonyl (C=O) groups is 1. The van der Waals surface area contributed by atoms with Crippen LogP contribution >= 0.6 is 0 Å². The highest BCUT2D eigenvalue weighted by atomic mass is 32.2. The van der Waals surface area contributed by atoms with Crippen LogP contribution in [0.1, 0.15) is 63.1 Å². The fourth-order valence-electron chi connectivity index (χ4n) is 7.24. The van der Waals surface area contributed by atoms with Crippen molar-refractivity contribution in [3.63, 3.8) is 0 Å². The third-order valence-corrected chi connectivity index (χ3v) is 10.9. The maximum Gasteiger partial charge on any atom is 0.246 e. The zero-order valence-electron chi connectivity index (χ0n) is 27.4. The van der Waals surface area contributed by atoms with E-state index in [1.54, 1.807) is 13.3 Å². The smallest absolute Gasteiger partial charge is 0.246 e. The van der Waals surface area contributed by atoms with Crippen LogP contribution in [-0.2, 0) is 19.4 Å². The number of methoxy groups -OCH3 is 1. The van der Waals surface area contributed by atoms with Crippen LogP contribution in [0.4, 0.5) is 23.3 Å². The van der Waals surface area contributed by atoms with Gasteiger partial charge in [-0.3, -0.25) is 4.79 Å². The summed E-state index contributed by atoms with van der Waals surface area (Å²) in [5.74, 6) is 2.34. The summed E-state index contributed by atoms with van der Waals surface area (Å²) in [5.41, 5.74) is 3.33. The molecule has 6 rings (SSSR count). The molecule has 3 saturated heterocycles. The summed E-state index contributed by atoms with van der Waals surface area (Å²) < 4.78 is 29.7. The summed E-state index contributed by atoms with van der Waals surface area (Å²) in [7, 11) is -1.33. The molecule has 0 spiro atoms. The van der Waals surface area contributed by atoms with Gasteiger partial charge in [-0.15, -0.1) is 0 Å². The number of pyridine rings is 1. The first-order chi connectivity index (χ1) is 22.0. The minimum atomic E-state index is -3.09. The van der Waals surface area contributed by atoms with E-state index in [2.05, 4.69) is 59.6 Å². The van der Waals surface area contributed by atoms with Crippen LogP contribution in [0.25, 0.3) is 10.8 Å². The van der Waals surface area contributed by atoms with Gasteiger partial charge in [-0.2, -0.15) is 4.98 Å². The number of nitrogens with one attached hydrogen (secondary N) is 1. The van der Waals surface area contributed by atoms with Crippen molar-refractivity contribution < 1.29 is 17.9 Å². The van der Waals surface area contributed by atoms with Crippen molar-refractivity contribution in [3.05, 3.63) is 54.4 Å². The lowest BCUT2D eigenvalue weighted by Crippen LogP contribution is -2.57. The maximum atomic E-state index is 12.8. The lowest BCUT2D eigenvalue weighted by Gasteiger charge is -2.49. The quantitative estimate of drug-likeness (QED) is 0.306. The van der Waals surface area contributed by atoms with Crippen LogP contribution in [-0.4, -0.2) is 91.6 Å². The molecule has 3 aliphatic rings. The average molecular weight is 648 g/mol. The Balaban J connectivity index is 1.38. The second kappa shape index (κ2) is 12.8. The summed E-state index contributed by atoms with van der Waals surface area (Å²) in [6, 6.07) is 6.15. The third kappa shape index (κ3) is 6.29. The molecule has 246 valence electrons. The van der Waals surface area contributed by atoms with Gasteiger partial charge in [0.25, 0.3) is 0 Å². The Hall–Kier alpha value is -3.77. The van der Waals surface area contributed by atoms with E-state index in [1.165, 1.54) is 17.9 Å². The molecule has 5 heterocycles. The molecule has 0 aliphatic carbocycles. The van der Waals surface area contributed by atoms with Crippen molar-refractivity contribution in [2.24, 2.45) is 5.92 Å². The van der Waals surface area contributed by atoms with E-state index in [1.807, 2.05) is 17.2 Å². The molecule has 3 aliphatic heterocycles. The number of amides is 1. The van der Waals surface area contributed by atoms with E-state index < -0.39 is 9.84 Å². The second-order valence-corrected chi connectivity index (χ2v) is 15.4. The average Bonchev–Trinajstić information content (AvgIpc) is 3.01. The highest BCUT2D eigenvalue weighted by molar-refractivity contribution is 7.90. The van der Waals surface area contributed by atoms with Gasteiger partial charge < -0.3 is 24.8 Å². The predicted octanol–water partition coefficient (Wildman–Crippen LogP) is 4.84. The minimum Gasteiger partial charge on any atom is -0.381 e. The van der Waals surface area contributed by atoms with Gasteiger partial charge in [-0.1, -0.05) is 20.4 Å². The Kier molecular flexibility index (Phi) is 8.95. The normalized spacial score (nSPS) is 22.1. The number of ether oxygens (including phenoxy) is 1. The summed E-state index contributed by atoms with van der Waals surface area (Å²) in [5, 5.41) is 5.49. The fourth-order valence-corrected chi connectivity index (χ4v) is 8.40. The molecule has 1 amide bonds. The van der Waals surface area contributed by atoms with E-state index in [0.29, 0.717) is 30.7 Å². The van der Waals surface area contributed by atoms with Gasteiger partial charge >= 0.3 is 0 Å². The van der Waals surface area contributed by atoms with Gasteiger partial charge in [0, 0.05) is 75.0 Å². The Morgan fingerprint density at radius 3 is 2.50 bits per heavy atom. The number of sulfone groups is 1. The lowest BCUT2D eigenvalue weighted by atomic mass is 9.82. The first-order valence-corrected chi connectivity index (χ1v) is 18.2. The summed E-state index contributed by atoms with van der Waals surface area (Å²) in [6.07, 6.45) is 9.39. The number of aromatic nitrogens is 3. The molecular formula is C34H45N7O4S. The van der Waals surface area contributed by atoms with Gasteiger partial charge in [0.2, 0.25) is 11.9 Å². The first kappa shape index (κ1) is 32.2. The zero-order chi connectivity index (χ0) is 32.7. The summed E-state index contributed by atoms with van der Waals surface area (Å²) >= 11 is 0. The molecule has 46 heavy (non-hydrogen) atoms. The topological polar surface area (TPSA) is 121 Å². The van der Waals surface area contributed by atoms with Crippen LogP contribution < -0.4 is 15.1 Å². The van der Waals surface area contributed by atoms with Crippen LogP contribution in [0, 0.1) is 5.92 Å². The molecule has 0 bridgehead atoms. The second-order valence-electron chi connectivity index (χ2n) is 13.2. The van der Waals surface area contributed by atoms with Crippen LogP contribution in [0.2, 0.25) is 0 Å². The number of fused-ring (bicyclic) bond motifs is 1. The number of anilines is 4. The Morgan fingerprint density at radius 1 is 1.13 bits per heavy atom. The largest absolute Gasteiger partial charge is 0.381 e. The molecule has 1 aromatic carbocycles. The molecule has 2 aromatic heterocycles. The van der Waals surface area contributed by atoms with E-state index >= 15 is 0 Å². The summed E-state index contributed by atoms with van der Waals surface area (Å²) in [6.45, 7) is 13.2. The number of likely N-dealkylation sites (tertiary alicyclic amines) is 1. The number of hydrogen-bond donors (Lipinski definition) is 1. The molecule has 0 unspecified atom stereocenters. The Labute approximate surface area is 272 Å². The van der Waals surface area contributed by atoms with Crippen LogP contribution in [0.5, 0.6) is 0 Å². The molecular weight excluding hydrogens is 602 g/mol. The van der Waals surface area contributed by atoms with Crippen molar-refractivity contribution >= 4 is 49.8 Å². The van der Waals surface area contributed by atoms with E-state index in [0.717, 1.165) is 54.4 Å².